The molecule has 0 aromatic heterocycles. The van der Waals surface area contributed by atoms with E-state index in [4.69, 9.17) is 24.3 Å². The van der Waals surface area contributed by atoms with Gasteiger partial charge in [-0.2, -0.15) is 0 Å². The molecule has 0 radical (unpaired) electrons. The maximum absolute atomic E-state index is 12.5. The highest BCUT2D eigenvalue weighted by molar-refractivity contribution is 7.47. The number of carbonyl (C=O) groups excluding carboxylic acids is 1. The van der Waals surface area contributed by atoms with Crippen LogP contribution in [0, 0.1) is 0 Å². The van der Waals surface area contributed by atoms with E-state index in [-0.39, 0.29) is 32.8 Å². The van der Waals surface area contributed by atoms with E-state index >= 15 is 0 Å². The zero-order valence-electron chi connectivity index (χ0n) is 31.2. The van der Waals surface area contributed by atoms with Gasteiger partial charge < -0.3 is 20.1 Å². The summed E-state index contributed by atoms with van der Waals surface area (Å²) >= 11 is 0. The number of nitrogens with two attached hydrogens (primary N) is 1. The Bertz CT molecular complexity index is 932. The van der Waals surface area contributed by atoms with Gasteiger partial charge in [0.05, 0.1) is 19.8 Å². The van der Waals surface area contributed by atoms with Crippen molar-refractivity contribution in [3.8, 4) is 0 Å². The summed E-state index contributed by atoms with van der Waals surface area (Å²) in [4.78, 5) is 22.3. The lowest BCUT2D eigenvalue weighted by Gasteiger charge is -2.19. The molecule has 0 aromatic rings. The first kappa shape index (κ1) is 47.2. The van der Waals surface area contributed by atoms with Crippen molar-refractivity contribution in [2.45, 2.75) is 155 Å². The summed E-state index contributed by atoms with van der Waals surface area (Å²) in [5, 5.41) is 0. The first-order chi connectivity index (χ1) is 23.9. The third-order valence-corrected chi connectivity index (χ3v) is 8.67. The van der Waals surface area contributed by atoms with Gasteiger partial charge in [0.15, 0.2) is 0 Å². The lowest BCUT2D eigenvalue weighted by molar-refractivity contribution is -0.154. The number of hydrogen-bond acceptors (Lipinski definition) is 7. The van der Waals surface area contributed by atoms with Crippen LogP contribution in [-0.2, 0) is 27.9 Å². The van der Waals surface area contributed by atoms with E-state index in [2.05, 4.69) is 62.5 Å². The molecule has 0 saturated heterocycles. The number of carbonyl (C=O) groups is 1. The van der Waals surface area contributed by atoms with Crippen molar-refractivity contribution in [2.24, 2.45) is 5.73 Å². The molecule has 0 saturated carbocycles. The largest absolute Gasteiger partial charge is 0.472 e. The van der Waals surface area contributed by atoms with Crippen LogP contribution in [-0.4, -0.2) is 49.9 Å². The van der Waals surface area contributed by atoms with Gasteiger partial charge in [-0.1, -0.05) is 139 Å². The van der Waals surface area contributed by atoms with E-state index in [1.807, 2.05) is 12.2 Å². The fourth-order valence-electron chi connectivity index (χ4n) is 4.89. The predicted molar refractivity (Wildman–Crippen MR) is 205 cm³/mol. The zero-order valence-corrected chi connectivity index (χ0v) is 32.1. The maximum atomic E-state index is 12.5. The van der Waals surface area contributed by atoms with Crippen molar-refractivity contribution in [1.29, 1.82) is 0 Å². The van der Waals surface area contributed by atoms with Crippen molar-refractivity contribution in [3.05, 3.63) is 60.8 Å². The van der Waals surface area contributed by atoms with Crippen molar-refractivity contribution >= 4 is 13.8 Å². The number of phosphoric ester groups is 1. The van der Waals surface area contributed by atoms with E-state index in [9.17, 15) is 14.3 Å². The van der Waals surface area contributed by atoms with Crippen LogP contribution in [0.2, 0.25) is 0 Å². The Hall–Kier alpha value is -1.80. The quantitative estimate of drug-likeness (QED) is 0.0286. The third-order valence-electron chi connectivity index (χ3n) is 7.68. The highest BCUT2D eigenvalue weighted by Crippen LogP contribution is 2.43. The Morgan fingerprint density at radius 2 is 1.14 bits per heavy atom. The van der Waals surface area contributed by atoms with Crippen LogP contribution < -0.4 is 5.73 Å². The molecular formula is C40H72NO7P. The topological polar surface area (TPSA) is 117 Å². The van der Waals surface area contributed by atoms with E-state index in [1.165, 1.54) is 77.0 Å². The number of hydrogen-bond donors (Lipinski definition) is 2. The van der Waals surface area contributed by atoms with Gasteiger partial charge in [0.2, 0.25) is 0 Å². The van der Waals surface area contributed by atoms with Gasteiger partial charge in [0.1, 0.15) is 6.10 Å². The second kappa shape index (κ2) is 37.5. The Kier molecular flexibility index (Phi) is 36.1. The standard InChI is InChI=1S/C40H72NO7P/c1-3-5-7-9-11-13-15-17-18-19-20-22-24-26-28-30-32-35-45-37-39(38-47-49(43,44)46-36-34-41)48-40(42)33-31-29-27-25-23-21-16-14-12-10-8-6-4-2/h6,8,12,14,18-19,21,23,27,29,39H,3-5,7,9-11,13,15-17,20,22,24-26,28,30-38,41H2,1-2H3,(H,43,44)/b8-6-,14-12-,19-18-,23-21-,29-27-. The number of phosphoric acid groups is 1. The van der Waals surface area contributed by atoms with E-state index in [1.54, 1.807) is 0 Å². The highest BCUT2D eigenvalue weighted by atomic mass is 31.2. The zero-order chi connectivity index (χ0) is 35.9. The van der Waals surface area contributed by atoms with E-state index < -0.39 is 19.9 Å². The summed E-state index contributed by atoms with van der Waals surface area (Å²) < 4.78 is 33.2. The van der Waals surface area contributed by atoms with E-state index in [0.29, 0.717) is 13.0 Å². The summed E-state index contributed by atoms with van der Waals surface area (Å²) in [6, 6.07) is 0. The Morgan fingerprint density at radius 1 is 0.633 bits per heavy atom. The van der Waals surface area contributed by atoms with Crippen LogP contribution in [0.1, 0.15) is 149 Å². The SMILES string of the molecule is CC/C=C\C/C=C\C/C=C\C/C=C\CCC(=O)OC(COCCCCCCCC/C=C\CCCCCCCCC)COP(=O)(O)OCCN. The molecule has 2 unspecified atom stereocenters. The van der Waals surface area contributed by atoms with E-state index in [0.717, 1.165) is 44.9 Å². The number of ether oxygens (including phenoxy) is 2. The molecule has 0 bridgehead atoms. The van der Waals surface area contributed by atoms with Crippen molar-refractivity contribution in [3.63, 3.8) is 0 Å². The van der Waals surface area contributed by atoms with Crippen LogP contribution in [0.25, 0.3) is 0 Å². The Balaban J connectivity index is 4.18. The molecule has 9 heteroatoms. The molecule has 0 spiro atoms. The monoisotopic (exact) mass is 710 g/mol. The molecule has 3 N–H and O–H groups in total. The molecule has 49 heavy (non-hydrogen) atoms. The molecular weight excluding hydrogens is 637 g/mol. The second-order valence-electron chi connectivity index (χ2n) is 12.4. The minimum Gasteiger partial charge on any atom is -0.457 e. The van der Waals surface area contributed by atoms with Gasteiger partial charge in [-0.3, -0.25) is 13.8 Å². The Labute approximate surface area is 300 Å². The van der Waals surface area contributed by atoms with Gasteiger partial charge >= 0.3 is 13.8 Å². The molecule has 0 aliphatic carbocycles. The van der Waals surface area contributed by atoms with Crippen LogP contribution in [0.15, 0.2) is 60.8 Å². The summed E-state index contributed by atoms with van der Waals surface area (Å²) in [5.74, 6) is -0.414. The summed E-state index contributed by atoms with van der Waals surface area (Å²) in [7, 11) is -4.29. The van der Waals surface area contributed by atoms with Crippen LogP contribution >= 0.6 is 7.82 Å². The number of allylic oxidation sites excluding steroid dienone is 10. The molecule has 2 atom stereocenters. The molecule has 284 valence electrons. The smallest absolute Gasteiger partial charge is 0.457 e. The number of esters is 1. The van der Waals surface area contributed by atoms with Gasteiger partial charge in [-0.25, -0.2) is 4.57 Å². The predicted octanol–water partition coefficient (Wildman–Crippen LogP) is 11.0. The molecule has 0 amide bonds. The normalized spacial score (nSPS) is 14.3. The van der Waals surface area contributed by atoms with Gasteiger partial charge in [0, 0.05) is 19.6 Å². The lowest BCUT2D eigenvalue weighted by atomic mass is 10.1. The van der Waals surface area contributed by atoms with Gasteiger partial charge in [0.25, 0.3) is 0 Å². The lowest BCUT2D eigenvalue weighted by Crippen LogP contribution is -2.28. The fourth-order valence-corrected chi connectivity index (χ4v) is 5.65. The fraction of sp³-hybridized carbons (Fsp3) is 0.725. The Morgan fingerprint density at radius 3 is 1.71 bits per heavy atom. The van der Waals surface area contributed by atoms with Crippen LogP contribution in [0.5, 0.6) is 0 Å². The first-order valence-corrected chi connectivity index (χ1v) is 20.8. The van der Waals surface area contributed by atoms with Crippen molar-refractivity contribution in [2.75, 3.05) is 33.0 Å². The average molecular weight is 710 g/mol. The summed E-state index contributed by atoms with van der Waals surface area (Å²) in [5.41, 5.74) is 5.35. The molecule has 0 aliphatic heterocycles. The van der Waals surface area contributed by atoms with Crippen molar-refractivity contribution < 1.29 is 32.8 Å². The number of rotatable bonds is 36. The minimum atomic E-state index is -4.29. The third kappa shape index (κ3) is 37.3. The summed E-state index contributed by atoms with van der Waals surface area (Å²) in [6.07, 6.45) is 44.0. The maximum Gasteiger partial charge on any atom is 0.472 e. The molecule has 0 aliphatic rings. The minimum absolute atomic E-state index is 0.0811. The van der Waals surface area contributed by atoms with Gasteiger partial charge in [-0.05, 0) is 64.2 Å². The van der Waals surface area contributed by atoms with Crippen LogP contribution in [0.4, 0.5) is 0 Å². The molecule has 0 heterocycles. The van der Waals surface area contributed by atoms with Crippen LogP contribution in [0.3, 0.4) is 0 Å². The first-order valence-electron chi connectivity index (χ1n) is 19.3. The average Bonchev–Trinajstić information content (AvgIpc) is 3.09. The van der Waals surface area contributed by atoms with Crippen molar-refractivity contribution in [1.82, 2.24) is 0 Å². The number of unbranched alkanes of at least 4 members (excludes halogenated alkanes) is 13. The molecule has 8 nitrogen and oxygen atoms in total. The molecule has 0 rings (SSSR count). The van der Waals surface area contributed by atoms with Gasteiger partial charge in [-0.15, -0.1) is 0 Å². The highest BCUT2D eigenvalue weighted by Gasteiger charge is 2.25. The molecule has 0 fully saturated rings. The second-order valence-corrected chi connectivity index (χ2v) is 13.9. The molecule has 0 aromatic carbocycles. The summed E-state index contributed by atoms with van der Waals surface area (Å²) in [6.45, 7) is 4.67.